The van der Waals surface area contributed by atoms with E-state index in [2.05, 4.69) is 64.0 Å². The predicted molar refractivity (Wildman–Crippen MR) is 82.3 cm³/mol. The van der Waals surface area contributed by atoms with E-state index in [9.17, 15) is 0 Å². The van der Waals surface area contributed by atoms with Crippen molar-refractivity contribution in [1.29, 1.82) is 0 Å². The van der Waals surface area contributed by atoms with Crippen LogP contribution in [0.2, 0.25) is 0 Å². The van der Waals surface area contributed by atoms with Gasteiger partial charge in [-0.15, -0.1) is 0 Å². The van der Waals surface area contributed by atoms with Gasteiger partial charge < -0.3 is 10.2 Å². The van der Waals surface area contributed by atoms with Crippen LogP contribution >= 0.6 is 15.9 Å². The summed E-state index contributed by atoms with van der Waals surface area (Å²) in [6, 6.07) is 0.307. The first-order valence-electron chi connectivity index (χ1n) is 7.12. The van der Waals surface area contributed by atoms with Crippen molar-refractivity contribution in [3.05, 3.63) is 16.4 Å². The maximum atomic E-state index is 4.48. The molecule has 4 nitrogen and oxygen atoms in total. The molecule has 1 unspecified atom stereocenters. The first-order chi connectivity index (χ1) is 9.06. The van der Waals surface area contributed by atoms with Gasteiger partial charge in [0, 0.05) is 12.1 Å². The van der Waals surface area contributed by atoms with E-state index in [1.807, 2.05) is 6.20 Å². The van der Waals surface area contributed by atoms with E-state index in [1.165, 1.54) is 31.4 Å². The van der Waals surface area contributed by atoms with Crippen molar-refractivity contribution in [2.75, 3.05) is 21.1 Å². The highest BCUT2D eigenvalue weighted by Crippen LogP contribution is 2.44. The number of halogens is 1. The van der Waals surface area contributed by atoms with Crippen molar-refractivity contribution in [2.45, 2.75) is 50.7 Å². The summed E-state index contributed by atoms with van der Waals surface area (Å²) in [5.74, 6) is 0. The van der Waals surface area contributed by atoms with Gasteiger partial charge in [0.15, 0.2) is 0 Å². The maximum Gasteiger partial charge on any atom is 0.0714 e. The molecule has 1 N–H and O–H groups in total. The molecule has 0 saturated heterocycles. The second kappa shape index (κ2) is 5.94. The normalized spacial score (nSPS) is 20.1. The molecule has 1 atom stereocenters. The summed E-state index contributed by atoms with van der Waals surface area (Å²) in [4.78, 5) is 2.40. The Bertz CT molecular complexity index is 421. The lowest BCUT2D eigenvalue weighted by molar-refractivity contribution is 0.104. The minimum absolute atomic E-state index is 0.199. The zero-order valence-corrected chi connectivity index (χ0v) is 14.0. The first-order valence-corrected chi connectivity index (χ1v) is 7.92. The summed E-state index contributed by atoms with van der Waals surface area (Å²) in [6.45, 7) is 3.05. The van der Waals surface area contributed by atoms with Crippen molar-refractivity contribution >= 4 is 15.9 Å². The number of likely N-dealkylation sites (N-methyl/N-ethyl adjacent to an activating group) is 2. The fourth-order valence-corrected chi connectivity index (χ4v) is 4.08. The van der Waals surface area contributed by atoms with Gasteiger partial charge in [0.05, 0.1) is 22.4 Å². The maximum absolute atomic E-state index is 4.48. The highest BCUT2D eigenvalue weighted by molar-refractivity contribution is 9.10. The van der Waals surface area contributed by atoms with Crippen LogP contribution in [0.3, 0.4) is 0 Å². The average molecular weight is 329 g/mol. The fraction of sp³-hybridized carbons (Fsp3) is 0.786. The van der Waals surface area contributed by atoms with Crippen molar-refractivity contribution in [3.63, 3.8) is 0 Å². The molecule has 2 rings (SSSR count). The molecule has 1 aliphatic rings. The van der Waals surface area contributed by atoms with E-state index in [-0.39, 0.29) is 5.54 Å². The van der Waals surface area contributed by atoms with Gasteiger partial charge in [-0.2, -0.15) is 5.10 Å². The van der Waals surface area contributed by atoms with E-state index in [4.69, 9.17) is 0 Å². The molecular weight excluding hydrogens is 304 g/mol. The molecule has 0 spiro atoms. The lowest BCUT2D eigenvalue weighted by Crippen LogP contribution is -2.52. The lowest BCUT2D eigenvalue weighted by Gasteiger charge is -2.43. The second-order valence-electron chi connectivity index (χ2n) is 5.62. The van der Waals surface area contributed by atoms with Crippen LogP contribution in [0.5, 0.6) is 0 Å². The zero-order chi connectivity index (χ0) is 14.0. The molecule has 1 aliphatic carbocycles. The van der Waals surface area contributed by atoms with E-state index in [0.29, 0.717) is 6.04 Å². The number of aromatic nitrogens is 2. The van der Waals surface area contributed by atoms with Gasteiger partial charge in [-0.05, 0) is 56.8 Å². The minimum Gasteiger partial charge on any atom is -0.310 e. The van der Waals surface area contributed by atoms with Crippen LogP contribution in [0.15, 0.2) is 10.7 Å². The summed E-state index contributed by atoms with van der Waals surface area (Å²) in [5.41, 5.74) is 1.48. The Kier molecular flexibility index (Phi) is 4.69. The highest BCUT2D eigenvalue weighted by Gasteiger charge is 2.45. The van der Waals surface area contributed by atoms with E-state index >= 15 is 0 Å². The van der Waals surface area contributed by atoms with Gasteiger partial charge in [0.2, 0.25) is 0 Å². The van der Waals surface area contributed by atoms with E-state index < -0.39 is 0 Å². The molecule has 0 aliphatic heterocycles. The first kappa shape index (κ1) is 15.0. The number of rotatable bonds is 5. The molecule has 0 bridgehead atoms. The zero-order valence-electron chi connectivity index (χ0n) is 12.4. The molecule has 108 valence electrons. The standard InChI is InChI=1S/C14H25BrN4/c1-5-19-12(11(15)10-17-19)13(16-2)14(18(3)4)8-6-7-9-14/h10,13,16H,5-9H2,1-4H3. The number of nitrogens with one attached hydrogen (secondary N) is 1. The van der Waals surface area contributed by atoms with Gasteiger partial charge in [-0.25, -0.2) is 0 Å². The molecule has 0 aromatic carbocycles. The molecule has 5 heteroatoms. The third-order valence-electron chi connectivity index (χ3n) is 4.59. The smallest absolute Gasteiger partial charge is 0.0714 e. The second-order valence-corrected chi connectivity index (χ2v) is 6.47. The monoisotopic (exact) mass is 328 g/mol. The molecular formula is C14H25BrN4. The number of hydrogen-bond acceptors (Lipinski definition) is 3. The lowest BCUT2D eigenvalue weighted by atomic mass is 9.84. The number of hydrogen-bond donors (Lipinski definition) is 1. The van der Waals surface area contributed by atoms with Crippen LogP contribution in [0.25, 0.3) is 0 Å². The Morgan fingerprint density at radius 1 is 1.47 bits per heavy atom. The van der Waals surface area contributed by atoms with Crippen molar-refractivity contribution < 1.29 is 0 Å². The van der Waals surface area contributed by atoms with Crippen LogP contribution in [0.1, 0.15) is 44.3 Å². The number of nitrogens with zero attached hydrogens (tertiary/aromatic N) is 3. The quantitative estimate of drug-likeness (QED) is 0.902. The summed E-state index contributed by atoms with van der Waals surface area (Å²) in [6.07, 6.45) is 7.03. The summed E-state index contributed by atoms with van der Waals surface area (Å²) in [5, 5.41) is 8.03. The van der Waals surface area contributed by atoms with Gasteiger partial charge in [0.25, 0.3) is 0 Å². The molecule has 1 heterocycles. The fourth-order valence-electron chi connectivity index (χ4n) is 3.55. The SMILES string of the molecule is CCn1ncc(Br)c1C(NC)C1(N(C)C)CCCC1. The van der Waals surface area contributed by atoms with Gasteiger partial charge >= 0.3 is 0 Å². The molecule has 0 radical (unpaired) electrons. The van der Waals surface area contributed by atoms with Crippen LogP contribution in [0.4, 0.5) is 0 Å². The van der Waals surface area contributed by atoms with Crippen molar-refractivity contribution in [1.82, 2.24) is 20.0 Å². The van der Waals surface area contributed by atoms with Crippen LogP contribution in [0, 0.1) is 0 Å². The van der Waals surface area contributed by atoms with Crippen molar-refractivity contribution in [3.8, 4) is 0 Å². The Balaban J connectivity index is 2.45. The Hall–Kier alpha value is -0.390. The van der Waals surface area contributed by atoms with Gasteiger partial charge in [0.1, 0.15) is 0 Å². The molecule has 19 heavy (non-hydrogen) atoms. The third kappa shape index (κ3) is 2.48. The minimum atomic E-state index is 0.199. The topological polar surface area (TPSA) is 33.1 Å². The summed E-state index contributed by atoms with van der Waals surface area (Å²) in [7, 11) is 6.47. The summed E-state index contributed by atoms with van der Waals surface area (Å²) >= 11 is 3.68. The van der Waals surface area contributed by atoms with Crippen LogP contribution in [-0.2, 0) is 6.54 Å². The van der Waals surface area contributed by atoms with Crippen LogP contribution < -0.4 is 5.32 Å². The average Bonchev–Trinajstić information content (AvgIpc) is 3.00. The largest absolute Gasteiger partial charge is 0.310 e. The van der Waals surface area contributed by atoms with E-state index in [0.717, 1.165) is 11.0 Å². The van der Waals surface area contributed by atoms with Gasteiger partial charge in [-0.1, -0.05) is 12.8 Å². The summed E-state index contributed by atoms with van der Waals surface area (Å²) < 4.78 is 3.22. The predicted octanol–water partition coefficient (Wildman–Crippen LogP) is 2.80. The third-order valence-corrected chi connectivity index (χ3v) is 5.20. The van der Waals surface area contributed by atoms with E-state index in [1.54, 1.807) is 0 Å². The van der Waals surface area contributed by atoms with Crippen LogP contribution in [-0.4, -0.2) is 41.4 Å². The molecule has 1 aromatic rings. The molecule has 0 amide bonds. The van der Waals surface area contributed by atoms with Crippen molar-refractivity contribution in [2.24, 2.45) is 0 Å². The Morgan fingerprint density at radius 3 is 2.58 bits per heavy atom. The Morgan fingerprint density at radius 2 is 2.11 bits per heavy atom. The number of aryl methyl sites for hydroxylation is 1. The molecule has 1 aromatic heterocycles. The Labute approximate surface area is 124 Å². The highest BCUT2D eigenvalue weighted by atomic mass is 79.9. The molecule has 1 saturated carbocycles. The molecule has 1 fully saturated rings. The van der Waals surface area contributed by atoms with Gasteiger partial charge in [-0.3, -0.25) is 4.68 Å².